The molecule has 180 valence electrons. The molecule has 7 heteroatoms. The lowest BCUT2D eigenvalue weighted by Crippen LogP contribution is -2.29. The number of amides is 1. The molecule has 6 nitrogen and oxygen atoms in total. The molecule has 0 bridgehead atoms. The molecule has 0 aliphatic carbocycles. The average Bonchev–Trinajstić information content (AvgIpc) is 3.50. The zero-order chi connectivity index (χ0) is 25.2. The molecule has 5 rings (SSSR count). The smallest absolute Gasteiger partial charge is 0.301 e. The van der Waals surface area contributed by atoms with Gasteiger partial charge in [-0.1, -0.05) is 59.7 Å². The van der Waals surface area contributed by atoms with E-state index in [9.17, 15) is 14.7 Å². The summed E-state index contributed by atoms with van der Waals surface area (Å²) in [5, 5.41) is 13.4. The molecule has 1 fully saturated rings. The SMILES string of the molecule is Cc1ccc([C@@H]2C(=C(O)c3ccc(OCc4cccc(C)c4)cc3)C(=O)C(=O)N2c2nccs2)cc1. The number of aliphatic hydroxyl groups is 1. The van der Waals surface area contributed by atoms with Crippen molar-refractivity contribution in [2.75, 3.05) is 4.90 Å². The number of benzene rings is 3. The standard InChI is InChI=1S/C29H24N2O4S/c1-18-6-8-21(9-7-18)25-24(27(33)28(34)31(25)29-30-14-15-36-29)26(32)22-10-12-23(13-11-22)35-17-20-5-3-4-19(2)16-20/h3-16,25,32H,17H2,1-2H3/t25-/m1/s1. The second-order valence-electron chi connectivity index (χ2n) is 8.70. The Morgan fingerprint density at radius 2 is 1.75 bits per heavy atom. The molecule has 4 aromatic rings. The first-order valence-electron chi connectivity index (χ1n) is 11.5. The first-order chi connectivity index (χ1) is 17.4. The molecule has 3 aromatic carbocycles. The number of thiazole rings is 1. The molecule has 2 heterocycles. The van der Waals surface area contributed by atoms with Crippen molar-refractivity contribution >= 4 is 33.9 Å². The molecule has 0 saturated carbocycles. The van der Waals surface area contributed by atoms with Crippen LogP contribution in [0.5, 0.6) is 5.75 Å². The lowest BCUT2D eigenvalue weighted by molar-refractivity contribution is -0.132. The highest BCUT2D eigenvalue weighted by Gasteiger charge is 2.47. The monoisotopic (exact) mass is 496 g/mol. The number of nitrogens with zero attached hydrogens (tertiary/aromatic N) is 2. The molecular weight excluding hydrogens is 472 g/mol. The number of ketones is 1. The van der Waals surface area contributed by atoms with Gasteiger partial charge in [0.25, 0.3) is 5.78 Å². The first-order valence-corrected chi connectivity index (χ1v) is 12.4. The Bertz CT molecular complexity index is 1440. The van der Waals surface area contributed by atoms with E-state index in [0.29, 0.717) is 23.1 Å². The summed E-state index contributed by atoms with van der Waals surface area (Å²) in [5.41, 5.74) is 4.44. The molecule has 0 spiro atoms. The van der Waals surface area contributed by atoms with Gasteiger partial charge in [-0.2, -0.15) is 0 Å². The number of Topliss-reactive ketones (excluding diaryl/α,β-unsaturated/α-hetero) is 1. The third-order valence-corrected chi connectivity index (χ3v) is 6.85. The van der Waals surface area contributed by atoms with E-state index in [1.165, 1.54) is 16.2 Å². The molecule has 0 radical (unpaired) electrons. The number of hydrogen-bond acceptors (Lipinski definition) is 6. The molecule has 0 unspecified atom stereocenters. The second-order valence-corrected chi connectivity index (χ2v) is 9.57. The maximum atomic E-state index is 13.2. The Balaban J connectivity index is 1.48. The summed E-state index contributed by atoms with van der Waals surface area (Å²) in [4.78, 5) is 31.9. The molecule has 1 aromatic heterocycles. The van der Waals surface area contributed by atoms with Gasteiger partial charge in [0.1, 0.15) is 18.1 Å². The van der Waals surface area contributed by atoms with Gasteiger partial charge < -0.3 is 9.84 Å². The molecule has 1 saturated heterocycles. The van der Waals surface area contributed by atoms with Crippen LogP contribution < -0.4 is 9.64 Å². The fourth-order valence-corrected chi connectivity index (χ4v) is 4.93. The highest BCUT2D eigenvalue weighted by Crippen LogP contribution is 2.42. The van der Waals surface area contributed by atoms with Crippen LogP contribution in [-0.4, -0.2) is 21.8 Å². The Kier molecular flexibility index (Phi) is 6.40. The number of rotatable bonds is 6. The normalized spacial score (nSPS) is 16.9. The second kappa shape index (κ2) is 9.79. The molecule has 1 N–H and O–H groups in total. The largest absolute Gasteiger partial charge is 0.507 e. The van der Waals surface area contributed by atoms with Gasteiger partial charge in [-0.05, 0) is 49.2 Å². The highest BCUT2D eigenvalue weighted by atomic mass is 32.1. The van der Waals surface area contributed by atoms with Crippen molar-refractivity contribution in [3.63, 3.8) is 0 Å². The van der Waals surface area contributed by atoms with Crippen LogP contribution in [0.4, 0.5) is 5.13 Å². The summed E-state index contributed by atoms with van der Waals surface area (Å²) in [7, 11) is 0. The van der Waals surface area contributed by atoms with Gasteiger partial charge in [-0.15, -0.1) is 11.3 Å². The lowest BCUT2D eigenvalue weighted by atomic mass is 9.95. The number of carbonyl (C=O) groups excluding carboxylic acids is 2. The zero-order valence-electron chi connectivity index (χ0n) is 19.8. The van der Waals surface area contributed by atoms with Crippen LogP contribution >= 0.6 is 11.3 Å². The Labute approximate surface area is 213 Å². The number of aliphatic hydroxyl groups excluding tert-OH is 1. The van der Waals surface area contributed by atoms with Crippen LogP contribution in [0.15, 0.2) is 89.9 Å². The van der Waals surface area contributed by atoms with Gasteiger partial charge in [0.05, 0.1) is 11.6 Å². The van der Waals surface area contributed by atoms with Crippen molar-refractivity contribution in [1.29, 1.82) is 0 Å². The van der Waals surface area contributed by atoms with Crippen molar-refractivity contribution < 1.29 is 19.4 Å². The summed E-state index contributed by atoms with van der Waals surface area (Å²) in [6, 6.07) is 21.7. The van der Waals surface area contributed by atoms with Crippen LogP contribution in [0.2, 0.25) is 0 Å². The van der Waals surface area contributed by atoms with Crippen molar-refractivity contribution in [3.05, 3.63) is 118 Å². The molecule has 1 aliphatic rings. The van der Waals surface area contributed by atoms with Gasteiger partial charge in [-0.3, -0.25) is 14.5 Å². The number of anilines is 1. The first kappa shape index (κ1) is 23.5. The van der Waals surface area contributed by atoms with Gasteiger partial charge in [0.15, 0.2) is 5.13 Å². The van der Waals surface area contributed by atoms with Gasteiger partial charge >= 0.3 is 5.91 Å². The zero-order valence-corrected chi connectivity index (χ0v) is 20.7. The van der Waals surface area contributed by atoms with E-state index in [2.05, 4.69) is 11.1 Å². The van der Waals surface area contributed by atoms with Crippen LogP contribution in [0, 0.1) is 13.8 Å². The third-order valence-electron chi connectivity index (χ3n) is 6.08. The number of aryl methyl sites for hydroxylation is 2. The summed E-state index contributed by atoms with van der Waals surface area (Å²) in [5.74, 6) is -1.06. The minimum atomic E-state index is -0.783. The summed E-state index contributed by atoms with van der Waals surface area (Å²) in [6.07, 6.45) is 1.58. The van der Waals surface area contributed by atoms with Crippen molar-refractivity contribution in [2.24, 2.45) is 0 Å². The van der Waals surface area contributed by atoms with Crippen molar-refractivity contribution in [1.82, 2.24) is 4.98 Å². The van der Waals surface area contributed by atoms with Gasteiger partial charge in [0, 0.05) is 17.1 Å². The molecule has 1 aliphatic heterocycles. The van der Waals surface area contributed by atoms with E-state index < -0.39 is 17.7 Å². The van der Waals surface area contributed by atoms with Gasteiger partial charge in [-0.25, -0.2) is 4.98 Å². The predicted molar refractivity (Wildman–Crippen MR) is 140 cm³/mol. The topological polar surface area (TPSA) is 79.7 Å². The fraction of sp³-hybridized carbons (Fsp3) is 0.138. The number of hydrogen-bond donors (Lipinski definition) is 1. The Morgan fingerprint density at radius 1 is 1.00 bits per heavy atom. The molecular formula is C29H24N2O4S. The average molecular weight is 497 g/mol. The molecule has 1 atom stereocenters. The van der Waals surface area contributed by atoms with Crippen LogP contribution in [-0.2, 0) is 16.2 Å². The predicted octanol–water partition coefficient (Wildman–Crippen LogP) is 5.97. The van der Waals surface area contributed by atoms with Crippen LogP contribution in [0.3, 0.4) is 0 Å². The van der Waals surface area contributed by atoms with E-state index >= 15 is 0 Å². The van der Waals surface area contributed by atoms with E-state index in [4.69, 9.17) is 4.74 Å². The minimum absolute atomic E-state index is 0.0347. The maximum Gasteiger partial charge on any atom is 0.301 e. The van der Waals surface area contributed by atoms with Gasteiger partial charge in [0.2, 0.25) is 0 Å². The molecule has 1 amide bonds. The van der Waals surface area contributed by atoms with Crippen molar-refractivity contribution in [2.45, 2.75) is 26.5 Å². The Hall–Kier alpha value is -4.23. The Morgan fingerprint density at radius 3 is 2.42 bits per heavy atom. The summed E-state index contributed by atoms with van der Waals surface area (Å²) >= 11 is 1.26. The van der Waals surface area contributed by atoms with E-state index in [1.54, 1.807) is 35.8 Å². The van der Waals surface area contributed by atoms with E-state index in [0.717, 1.165) is 22.3 Å². The molecule has 36 heavy (non-hydrogen) atoms. The highest BCUT2D eigenvalue weighted by molar-refractivity contribution is 7.14. The van der Waals surface area contributed by atoms with Crippen LogP contribution in [0.1, 0.15) is 33.9 Å². The number of carbonyl (C=O) groups is 2. The third kappa shape index (κ3) is 4.53. The summed E-state index contributed by atoms with van der Waals surface area (Å²) < 4.78 is 5.88. The fourth-order valence-electron chi connectivity index (χ4n) is 4.26. The van der Waals surface area contributed by atoms with E-state index in [1.807, 2.05) is 56.3 Å². The maximum absolute atomic E-state index is 13.2. The van der Waals surface area contributed by atoms with Crippen LogP contribution in [0.25, 0.3) is 5.76 Å². The summed E-state index contributed by atoms with van der Waals surface area (Å²) in [6.45, 7) is 4.41. The number of ether oxygens (including phenoxy) is 1. The number of aromatic nitrogens is 1. The lowest BCUT2D eigenvalue weighted by Gasteiger charge is -2.23. The minimum Gasteiger partial charge on any atom is -0.507 e. The van der Waals surface area contributed by atoms with E-state index in [-0.39, 0.29) is 11.3 Å². The van der Waals surface area contributed by atoms with Crippen molar-refractivity contribution in [3.8, 4) is 5.75 Å². The quantitative estimate of drug-likeness (QED) is 0.202.